The summed E-state index contributed by atoms with van der Waals surface area (Å²) in [4.78, 5) is 34.8. The van der Waals surface area contributed by atoms with E-state index in [1.54, 1.807) is 0 Å². The molecule has 0 spiro atoms. The summed E-state index contributed by atoms with van der Waals surface area (Å²) in [7, 11) is 0. The monoisotopic (exact) mass is 475 g/mol. The van der Waals surface area contributed by atoms with Gasteiger partial charge in [-0.1, -0.05) is 58.8 Å². The summed E-state index contributed by atoms with van der Waals surface area (Å²) in [6.45, 7) is 9.14. The van der Waals surface area contributed by atoms with Crippen LogP contribution in [-0.4, -0.2) is 24.5 Å². The average Bonchev–Trinajstić information content (AvgIpc) is 2.75. The first kappa shape index (κ1) is 29.7. The van der Waals surface area contributed by atoms with E-state index < -0.39 is 0 Å². The van der Waals surface area contributed by atoms with Gasteiger partial charge in [-0.05, 0) is 61.3 Å². The van der Waals surface area contributed by atoms with Gasteiger partial charge in [0, 0.05) is 26.5 Å². The number of benzene rings is 1. The standard InChI is InChI=1S/C28H45NO5/c1-6-8-9-10-11-12-14-25-20-28(34-23(5)32)26(19-27(25)29-21(3)30)16-15-24(13-7-2)17-18-33-22(4)31/h19-20,24H,6-18H2,1-5H3,(H,29,30). The Morgan fingerprint density at radius 3 is 2.12 bits per heavy atom. The van der Waals surface area contributed by atoms with Gasteiger partial charge in [0.15, 0.2) is 0 Å². The fourth-order valence-corrected chi connectivity index (χ4v) is 4.29. The Morgan fingerprint density at radius 1 is 0.794 bits per heavy atom. The number of anilines is 1. The summed E-state index contributed by atoms with van der Waals surface area (Å²) < 4.78 is 10.7. The lowest BCUT2D eigenvalue weighted by molar-refractivity contribution is -0.141. The van der Waals surface area contributed by atoms with Crippen molar-refractivity contribution in [2.75, 3.05) is 11.9 Å². The first-order valence-corrected chi connectivity index (χ1v) is 13.0. The van der Waals surface area contributed by atoms with E-state index in [0.717, 1.165) is 68.2 Å². The van der Waals surface area contributed by atoms with Gasteiger partial charge in [-0.3, -0.25) is 14.4 Å². The maximum Gasteiger partial charge on any atom is 0.308 e. The van der Waals surface area contributed by atoms with Gasteiger partial charge in [-0.15, -0.1) is 0 Å². The second-order valence-corrected chi connectivity index (χ2v) is 9.23. The van der Waals surface area contributed by atoms with Crippen LogP contribution in [0.2, 0.25) is 0 Å². The zero-order valence-corrected chi connectivity index (χ0v) is 22.0. The van der Waals surface area contributed by atoms with Crippen LogP contribution in [-0.2, 0) is 32.0 Å². The minimum atomic E-state index is -0.348. The molecule has 0 aliphatic rings. The number of rotatable bonds is 17. The van der Waals surface area contributed by atoms with Gasteiger partial charge in [0.25, 0.3) is 0 Å². The maximum absolute atomic E-state index is 11.9. The van der Waals surface area contributed by atoms with Crippen molar-refractivity contribution >= 4 is 23.5 Å². The minimum absolute atomic E-state index is 0.111. The zero-order chi connectivity index (χ0) is 25.3. The number of hydrogen-bond acceptors (Lipinski definition) is 5. The van der Waals surface area contributed by atoms with Crippen LogP contribution < -0.4 is 10.1 Å². The molecule has 1 rings (SSSR count). The first-order chi connectivity index (χ1) is 16.3. The van der Waals surface area contributed by atoms with Gasteiger partial charge in [0.05, 0.1) is 6.61 Å². The van der Waals surface area contributed by atoms with E-state index in [0.29, 0.717) is 18.3 Å². The molecule has 1 amide bonds. The molecule has 0 saturated heterocycles. The highest BCUT2D eigenvalue weighted by Gasteiger charge is 2.16. The van der Waals surface area contributed by atoms with E-state index >= 15 is 0 Å². The van der Waals surface area contributed by atoms with Gasteiger partial charge < -0.3 is 14.8 Å². The van der Waals surface area contributed by atoms with Crippen LogP contribution in [0.1, 0.15) is 110 Å². The molecule has 0 aromatic heterocycles. The highest BCUT2D eigenvalue weighted by Crippen LogP contribution is 2.32. The summed E-state index contributed by atoms with van der Waals surface area (Å²) in [5.74, 6) is 0.271. The Labute approximate surface area is 206 Å². The molecule has 0 radical (unpaired) electrons. The lowest BCUT2D eigenvalue weighted by Gasteiger charge is -2.19. The third-order valence-corrected chi connectivity index (χ3v) is 6.00. The number of hydrogen-bond donors (Lipinski definition) is 1. The number of aryl methyl sites for hydroxylation is 2. The van der Waals surface area contributed by atoms with Crippen LogP contribution in [0.15, 0.2) is 12.1 Å². The number of unbranched alkanes of at least 4 members (excludes halogenated alkanes) is 5. The Kier molecular flexibility index (Phi) is 14.9. The van der Waals surface area contributed by atoms with E-state index in [-0.39, 0.29) is 17.8 Å². The molecule has 0 heterocycles. The molecule has 6 heteroatoms. The minimum Gasteiger partial charge on any atom is -0.466 e. The molecule has 1 N–H and O–H groups in total. The molecule has 0 fully saturated rings. The lowest BCUT2D eigenvalue weighted by atomic mass is 9.91. The molecule has 1 aromatic rings. The van der Waals surface area contributed by atoms with Crippen molar-refractivity contribution in [1.82, 2.24) is 0 Å². The van der Waals surface area contributed by atoms with Gasteiger partial charge in [-0.2, -0.15) is 0 Å². The third-order valence-electron chi connectivity index (χ3n) is 6.00. The summed E-state index contributed by atoms with van der Waals surface area (Å²) in [5, 5.41) is 2.98. The van der Waals surface area contributed by atoms with Crippen LogP contribution in [0, 0.1) is 5.92 Å². The summed E-state index contributed by atoms with van der Waals surface area (Å²) in [6.07, 6.45) is 12.5. The number of esters is 2. The van der Waals surface area contributed by atoms with E-state index in [1.165, 1.54) is 46.5 Å². The van der Waals surface area contributed by atoms with E-state index in [1.807, 2.05) is 12.1 Å². The largest absolute Gasteiger partial charge is 0.466 e. The second-order valence-electron chi connectivity index (χ2n) is 9.23. The molecule has 0 saturated carbocycles. The first-order valence-electron chi connectivity index (χ1n) is 13.0. The Hall–Kier alpha value is -2.37. The zero-order valence-electron chi connectivity index (χ0n) is 22.0. The van der Waals surface area contributed by atoms with Crippen LogP contribution in [0.5, 0.6) is 5.75 Å². The van der Waals surface area contributed by atoms with Crippen LogP contribution in [0.25, 0.3) is 0 Å². The molecular weight excluding hydrogens is 430 g/mol. The topological polar surface area (TPSA) is 81.7 Å². The number of carbonyl (C=O) groups excluding carboxylic acids is 3. The fourth-order valence-electron chi connectivity index (χ4n) is 4.29. The molecule has 192 valence electrons. The molecule has 1 atom stereocenters. The van der Waals surface area contributed by atoms with E-state index in [4.69, 9.17) is 9.47 Å². The van der Waals surface area contributed by atoms with Gasteiger partial charge in [0.2, 0.25) is 5.91 Å². The summed E-state index contributed by atoms with van der Waals surface area (Å²) in [5.41, 5.74) is 2.73. The highest BCUT2D eigenvalue weighted by molar-refractivity contribution is 5.90. The molecule has 34 heavy (non-hydrogen) atoms. The molecular formula is C28H45NO5. The molecule has 1 unspecified atom stereocenters. The Balaban J connectivity index is 3.01. The average molecular weight is 476 g/mol. The Morgan fingerprint density at radius 2 is 1.50 bits per heavy atom. The molecule has 6 nitrogen and oxygen atoms in total. The van der Waals surface area contributed by atoms with Crippen molar-refractivity contribution in [2.24, 2.45) is 5.92 Å². The van der Waals surface area contributed by atoms with Crippen molar-refractivity contribution in [3.05, 3.63) is 23.3 Å². The van der Waals surface area contributed by atoms with E-state index in [9.17, 15) is 14.4 Å². The fraction of sp³-hybridized carbons (Fsp3) is 0.679. The predicted octanol–water partition coefficient (Wildman–Crippen LogP) is 6.78. The lowest BCUT2D eigenvalue weighted by Crippen LogP contribution is -2.12. The van der Waals surface area contributed by atoms with Crippen molar-refractivity contribution in [3.63, 3.8) is 0 Å². The number of carbonyl (C=O) groups is 3. The second kappa shape index (κ2) is 17.1. The van der Waals surface area contributed by atoms with Crippen LogP contribution in [0.4, 0.5) is 5.69 Å². The molecule has 0 bridgehead atoms. The van der Waals surface area contributed by atoms with Gasteiger partial charge in [-0.25, -0.2) is 0 Å². The number of nitrogens with one attached hydrogen (secondary N) is 1. The number of amides is 1. The van der Waals surface area contributed by atoms with Crippen LogP contribution in [0.3, 0.4) is 0 Å². The summed E-state index contributed by atoms with van der Waals surface area (Å²) in [6, 6.07) is 3.91. The summed E-state index contributed by atoms with van der Waals surface area (Å²) >= 11 is 0. The maximum atomic E-state index is 11.9. The SMILES string of the molecule is CCCCCCCCc1cc(OC(C)=O)c(CCC(CCC)CCOC(C)=O)cc1NC(C)=O. The van der Waals surface area contributed by atoms with Crippen molar-refractivity contribution in [2.45, 2.75) is 112 Å². The van der Waals surface area contributed by atoms with Gasteiger partial charge >= 0.3 is 11.9 Å². The molecule has 0 aliphatic carbocycles. The quantitative estimate of drug-likeness (QED) is 0.153. The van der Waals surface area contributed by atoms with Crippen molar-refractivity contribution in [1.29, 1.82) is 0 Å². The molecule has 0 aliphatic heterocycles. The predicted molar refractivity (Wildman–Crippen MR) is 137 cm³/mol. The number of ether oxygens (including phenoxy) is 2. The highest BCUT2D eigenvalue weighted by atomic mass is 16.5. The van der Waals surface area contributed by atoms with Crippen molar-refractivity contribution < 1.29 is 23.9 Å². The third kappa shape index (κ3) is 12.8. The smallest absolute Gasteiger partial charge is 0.308 e. The van der Waals surface area contributed by atoms with Crippen molar-refractivity contribution in [3.8, 4) is 5.75 Å². The van der Waals surface area contributed by atoms with Crippen LogP contribution >= 0.6 is 0 Å². The normalized spacial score (nSPS) is 11.7. The van der Waals surface area contributed by atoms with E-state index in [2.05, 4.69) is 19.2 Å². The Bertz CT molecular complexity index is 774. The molecule has 1 aromatic carbocycles. The van der Waals surface area contributed by atoms with Gasteiger partial charge in [0.1, 0.15) is 5.75 Å².